The zero-order valence-corrected chi connectivity index (χ0v) is 11.9. The molecule has 0 aliphatic rings. The zero-order chi connectivity index (χ0) is 14.3. The lowest BCUT2D eigenvalue weighted by molar-refractivity contribution is -0.404. The van der Waals surface area contributed by atoms with Crippen molar-refractivity contribution in [3.05, 3.63) is 50.6 Å². The van der Waals surface area contributed by atoms with Crippen LogP contribution in [-0.2, 0) is 6.54 Å². The van der Waals surface area contributed by atoms with Gasteiger partial charge in [0, 0.05) is 26.3 Å². The van der Waals surface area contributed by atoms with Crippen molar-refractivity contribution >= 4 is 15.9 Å². The number of nitro groups is 1. The summed E-state index contributed by atoms with van der Waals surface area (Å²) >= 11 is 3.23. The maximum absolute atomic E-state index is 12.1. The average molecular weight is 333 g/mol. The van der Waals surface area contributed by atoms with E-state index in [0.717, 1.165) is 16.4 Å². The fraction of sp³-hybridized carbons (Fsp3) is 0.364. The van der Waals surface area contributed by atoms with E-state index in [0.29, 0.717) is 6.54 Å². The van der Waals surface area contributed by atoms with Crippen molar-refractivity contribution in [2.24, 2.45) is 0 Å². The summed E-state index contributed by atoms with van der Waals surface area (Å²) in [5.41, 5.74) is 0.891. The fourth-order valence-electron chi connectivity index (χ4n) is 1.41. The van der Waals surface area contributed by atoms with Gasteiger partial charge in [0.25, 0.3) is 6.20 Å². The Labute approximate surface area is 118 Å². The number of nitrogens with one attached hydrogen (secondary N) is 1. The number of hydrogen-bond acceptors (Lipinski definition) is 5. The molecular weight excluding hydrogens is 319 g/mol. The van der Waals surface area contributed by atoms with Gasteiger partial charge in [-0.05, 0) is 27.6 Å². The molecule has 0 atom stereocenters. The summed E-state index contributed by atoms with van der Waals surface area (Å²) < 4.78 is 12.9. The van der Waals surface area contributed by atoms with Crippen LogP contribution in [0.2, 0.25) is 0 Å². The molecule has 0 aliphatic heterocycles. The fourth-order valence-corrected chi connectivity index (χ4v) is 1.65. The second kappa shape index (κ2) is 7.67. The maximum atomic E-state index is 12.1. The summed E-state index contributed by atoms with van der Waals surface area (Å²) in [7, 11) is 1.68. The van der Waals surface area contributed by atoms with Gasteiger partial charge in [-0.3, -0.25) is 10.1 Å². The first-order chi connectivity index (χ1) is 9.02. The van der Waals surface area contributed by atoms with Crippen molar-refractivity contribution in [1.82, 2.24) is 15.2 Å². The summed E-state index contributed by atoms with van der Waals surface area (Å²) in [6, 6.07) is 3.64. The van der Waals surface area contributed by atoms with Crippen molar-refractivity contribution in [1.29, 1.82) is 0 Å². The number of nitrogens with zero attached hydrogens (tertiary/aromatic N) is 3. The summed E-state index contributed by atoms with van der Waals surface area (Å²) in [6.07, 6.45) is 2.49. The summed E-state index contributed by atoms with van der Waals surface area (Å²) in [4.78, 5) is 15.7. The van der Waals surface area contributed by atoms with E-state index >= 15 is 0 Å². The molecule has 0 spiro atoms. The zero-order valence-electron chi connectivity index (χ0n) is 10.3. The van der Waals surface area contributed by atoms with Gasteiger partial charge < -0.3 is 10.2 Å². The van der Waals surface area contributed by atoms with Gasteiger partial charge in [-0.15, -0.1) is 0 Å². The number of alkyl halides is 1. The molecule has 1 aromatic rings. The van der Waals surface area contributed by atoms with Crippen LogP contribution in [0.3, 0.4) is 0 Å². The molecule has 1 heterocycles. The molecule has 8 heteroatoms. The summed E-state index contributed by atoms with van der Waals surface area (Å²) in [6.45, 7) is -0.134. The van der Waals surface area contributed by atoms with Crippen molar-refractivity contribution in [3.63, 3.8) is 0 Å². The molecule has 0 amide bonds. The predicted molar refractivity (Wildman–Crippen MR) is 72.5 cm³/mol. The smallest absolute Gasteiger partial charge is 0.274 e. The van der Waals surface area contributed by atoms with Gasteiger partial charge in [-0.1, -0.05) is 6.07 Å². The standard InChI is InChI=1S/C11H14BrFN4O2/c1-16(7-9-2-3-10(12)15-6-9)11(8-17(18)19)14-5-4-13/h2-3,6,8,14H,4-5,7H2,1H3. The molecule has 19 heavy (non-hydrogen) atoms. The Morgan fingerprint density at radius 1 is 1.68 bits per heavy atom. The van der Waals surface area contributed by atoms with Crippen LogP contribution in [0.5, 0.6) is 0 Å². The first kappa shape index (κ1) is 15.4. The van der Waals surface area contributed by atoms with Crippen LogP contribution in [0.1, 0.15) is 5.56 Å². The number of halogens is 2. The van der Waals surface area contributed by atoms with Crippen LogP contribution in [0.25, 0.3) is 0 Å². The van der Waals surface area contributed by atoms with Crippen LogP contribution >= 0.6 is 15.9 Å². The van der Waals surface area contributed by atoms with Gasteiger partial charge in [0.15, 0.2) is 5.82 Å². The minimum Gasteiger partial charge on any atom is -0.364 e. The van der Waals surface area contributed by atoms with Crippen molar-refractivity contribution in [3.8, 4) is 0 Å². The molecule has 6 nitrogen and oxygen atoms in total. The van der Waals surface area contributed by atoms with E-state index < -0.39 is 11.6 Å². The van der Waals surface area contributed by atoms with Gasteiger partial charge in [0.1, 0.15) is 11.3 Å². The van der Waals surface area contributed by atoms with Crippen molar-refractivity contribution < 1.29 is 9.31 Å². The minimum atomic E-state index is -0.595. The average Bonchev–Trinajstić information content (AvgIpc) is 2.36. The lowest BCUT2D eigenvalue weighted by Crippen LogP contribution is -2.30. The largest absolute Gasteiger partial charge is 0.364 e. The maximum Gasteiger partial charge on any atom is 0.274 e. The lowest BCUT2D eigenvalue weighted by Gasteiger charge is -2.21. The quantitative estimate of drug-likeness (QED) is 0.469. The Bertz CT molecular complexity index is 453. The van der Waals surface area contributed by atoms with Gasteiger partial charge in [0.05, 0.1) is 4.92 Å². The van der Waals surface area contributed by atoms with E-state index in [1.807, 2.05) is 6.07 Å². The molecule has 0 bridgehead atoms. The van der Waals surface area contributed by atoms with E-state index in [1.165, 1.54) is 0 Å². The molecule has 0 aromatic carbocycles. The van der Waals surface area contributed by atoms with E-state index in [9.17, 15) is 14.5 Å². The number of rotatable bonds is 7. The van der Waals surface area contributed by atoms with E-state index in [4.69, 9.17) is 0 Å². The van der Waals surface area contributed by atoms with E-state index in [2.05, 4.69) is 26.2 Å². The normalized spacial score (nSPS) is 11.2. The molecular formula is C11H14BrFN4O2. The van der Waals surface area contributed by atoms with Crippen LogP contribution in [-0.4, -0.2) is 35.1 Å². The molecule has 0 saturated heterocycles. The van der Waals surface area contributed by atoms with Crippen molar-refractivity contribution in [2.45, 2.75) is 6.54 Å². The highest BCUT2D eigenvalue weighted by molar-refractivity contribution is 9.10. The van der Waals surface area contributed by atoms with E-state index in [1.54, 1.807) is 24.2 Å². The summed E-state index contributed by atoms with van der Waals surface area (Å²) in [5.74, 6) is 0.255. The first-order valence-corrected chi connectivity index (χ1v) is 6.29. The van der Waals surface area contributed by atoms with Crippen LogP contribution < -0.4 is 5.32 Å². The Balaban J connectivity index is 2.73. The molecule has 104 valence electrons. The van der Waals surface area contributed by atoms with E-state index in [-0.39, 0.29) is 12.4 Å². The molecule has 0 aliphatic carbocycles. The molecule has 0 fully saturated rings. The Kier molecular flexibility index (Phi) is 6.20. The molecule has 1 aromatic heterocycles. The van der Waals surface area contributed by atoms with Gasteiger partial charge >= 0.3 is 0 Å². The van der Waals surface area contributed by atoms with Gasteiger partial charge in [0.2, 0.25) is 0 Å². The lowest BCUT2D eigenvalue weighted by atomic mass is 10.3. The minimum absolute atomic E-state index is 0.0304. The topological polar surface area (TPSA) is 71.3 Å². The van der Waals surface area contributed by atoms with Crippen molar-refractivity contribution in [2.75, 3.05) is 20.3 Å². The molecule has 1 rings (SSSR count). The number of pyridine rings is 1. The third kappa shape index (κ3) is 5.64. The summed E-state index contributed by atoms with van der Waals surface area (Å²) in [5, 5.41) is 13.2. The highest BCUT2D eigenvalue weighted by Gasteiger charge is 2.09. The Morgan fingerprint density at radius 2 is 2.42 bits per heavy atom. The van der Waals surface area contributed by atoms with Gasteiger partial charge in [-0.25, -0.2) is 9.37 Å². The van der Waals surface area contributed by atoms with Crippen LogP contribution in [0, 0.1) is 10.1 Å². The van der Waals surface area contributed by atoms with Gasteiger partial charge in [-0.2, -0.15) is 0 Å². The molecule has 1 N–H and O–H groups in total. The molecule has 0 radical (unpaired) electrons. The Morgan fingerprint density at radius 3 is 2.95 bits per heavy atom. The molecule has 0 unspecified atom stereocenters. The molecule has 0 saturated carbocycles. The third-order valence-corrected chi connectivity index (χ3v) is 2.72. The third-order valence-electron chi connectivity index (χ3n) is 2.25. The SMILES string of the molecule is CN(Cc1ccc(Br)nc1)C(=C[N+](=O)[O-])NCCF. The first-order valence-electron chi connectivity index (χ1n) is 5.49. The highest BCUT2D eigenvalue weighted by Crippen LogP contribution is 2.10. The number of hydrogen-bond donors (Lipinski definition) is 1. The van der Waals surface area contributed by atoms with Crippen LogP contribution in [0.4, 0.5) is 4.39 Å². The predicted octanol–water partition coefficient (Wildman–Crippen LogP) is 1.91. The second-order valence-corrected chi connectivity index (χ2v) is 4.57. The monoisotopic (exact) mass is 332 g/mol. The number of aromatic nitrogens is 1. The highest BCUT2D eigenvalue weighted by atomic mass is 79.9. The van der Waals surface area contributed by atoms with Crippen LogP contribution in [0.15, 0.2) is 35.0 Å². The second-order valence-electron chi connectivity index (χ2n) is 3.76. The Hall–Kier alpha value is -1.70.